The normalized spacial score (nSPS) is 13.0. The number of nitrogens with one attached hydrogen (secondary N) is 2. The van der Waals surface area contributed by atoms with Crippen LogP contribution in [0, 0.1) is 0 Å². The highest BCUT2D eigenvalue weighted by molar-refractivity contribution is 6.31. The van der Waals surface area contributed by atoms with Crippen LogP contribution in [-0.4, -0.2) is 29.4 Å². The zero-order chi connectivity index (χ0) is 20.1. The summed E-state index contributed by atoms with van der Waals surface area (Å²) in [5.41, 5.74) is 2.35. The summed E-state index contributed by atoms with van der Waals surface area (Å²) in [5, 5.41) is 4.51. The van der Waals surface area contributed by atoms with Gasteiger partial charge in [-0.3, -0.25) is 4.99 Å². The Hall–Kier alpha value is -2.79. The fourth-order valence-electron chi connectivity index (χ4n) is 2.85. The number of ether oxygens (including phenoxy) is 1. The molecule has 3 rings (SSSR count). The first-order valence-corrected chi connectivity index (χ1v) is 9.51. The minimum Gasteiger partial charge on any atom is -0.444 e. The van der Waals surface area contributed by atoms with Crippen molar-refractivity contribution in [2.24, 2.45) is 4.99 Å². The van der Waals surface area contributed by atoms with Crippen LogP contribution in [0.2, 0.25) is 5.02 Å². The van der Waals surface area contributed by atoms with Crippen molar-refractivity contribution < 1.29 is 9.53 Å². The van der Waals surface area contributed by atoms with Crippen LogP contribution in [0.15, 0.2) is 59.7 Å². The van der Waals surface area contributed by atoms with Gasteiger partial charge in [0.25, 0.3) is 0 Å². The minimum absolute atomic E-state index is 0.275. The number of H-pyrrole nitrogens is 1. The Morgan fingerprint density at radius 3 is 2.71 bits per heavy atom. The van der Waals surface area contributed by atoms with Gasteiger partial charge in [-0.2, -0.15) is 0 Å². The molecule has 0 aliphatic carbocycles. The fourth-order valence-corrected chi connectivity index (χ4v) is 3.02. The van der Waals surface area contributed by atoms with E-state index in [4.69, 9.17) is 21.3 Å². The Labute approximate surface area is 169 Å². The highest BCUT2D eigenvalue weighted by Gasteiger charge is 2.19. The van der Waals surface area contributed by atoms with Gasteiger partial charge in [-0.05, 0) is 38.5 Å². The van der Waals surface area contributed by atoms with Crippen molar-refractivity contribution in [2.45, 2.75) is 32.4 Å². The molecule has 0 saturated carbocycles. The number of aromatic nitrogens is 1. The van der Waals surface area contributed by atoms with Gasteiger partial charge in [0.2, 0.25) is 0 Å². The second kappa shape index (κ2) is 8.48. The van der Waals surface area contributed by atoms with Crippen LogP contribution < -0.4 is 5.32 Å². The first-order chi connectivity index (χ1) is 13.3. The Bertz CT molecular complexity index is 974. The summed E-state index contributed by atoms with van der Waals surface area (Å²) in [7, 11) is 0. The molecule has 1 amide bonds. The van der Waals surface area contributed by atoms with Crippen molar-refractivity contribution >= 4 is 34.8 Å². The van der Waals surface area contributed by atoms with Crippen LogP contribution in [0.1, 0.15) is 37.9 Å². The molecule has 0 fully saturated rings. The van der Waals surface area contributed by atoms with Crippen molar-refractivity contribution in [3.05, 3.63) is 70.9 Å². The van der Waals surface area contributed by atoms with E-state index in [2.05, 4.69) is 10.3 Å². The van der Waals surface area contributed by atoms with Gasteiger partial charge in [0.05, 0.1) is 6.04 Å². The molecule has 0 radical (unpaired) electrons. The number of amides is 1. The van der Waals surface area contributed by atoms with Gasteiger partial charge in [0.15, 0.2) is 0 Å². The van der Waals surface area contributed by atoms with Gasteiger partial charge in [-0.1, -0.05) is 48.0 Å². The molecule has 0 saturated heterocycles. The van der Waals surface area contributed by atoms with Gasteiger partial charge < -0.3 is 15.0 Å². The number of aliphatic imine (C=N–C) groups is 1. The van der Waals surface area contributed by atoms with E-state index in [1.807, 2.05) is 81.7 Å². The Balaban J connectivity index is 1.85. The first-order valence-electron chi connectivity index (χ1n) is 9.13. The highest BCUT2D eigenvalue weighted by atomic mass is 35.5. The van der Waals surface area contributed by atoms with E-state index < -0.39 is 11.7 Å². The third-order valence-corrected chi connectivity index (χ3v) is 4.31. The predicted octanol–water partition coefficient (Wildman–Crippen LogP) is 5.51. The van der Waals surface area contributed by atoms with Crippen molar-refractivity contribution in [1.29, 1.82) is 0 Å². The number of rotatable bonds is 5. The molecule has 1 unspecified atom stereocenters. The summed E-state index contributed by atoms with van der Waals surface area (Å²) in [4.78, 5) is 20.1. The average molecular weight is 398 g/mol. The zero-order valence-electron chi connectivity index (χ0n) is 16.2. The maximum Gasteiger partial charge on any atom is 0.407 e. The molecule has 2 N–H and O–H groups in total. The summed E-state index contributed by atoms with van der Waals surface area (Å²) in [6.07, 6.45) is 3.26. The SMILES string of the molecule is CC(C)(C)OC(=O)NCC(N=Cc1ccccc1)c1c[nH]c2cc(Cl)ccc12. The number of alkyl carbamates (subject to hydrolysis) is 1. The molecule has 1 atom stereocenters. The van der Waals surface area contributed by atoms with Crippen LogP contribution >= 0.6 is 11.6 Å². The molecule has 5 nitrogen and oxygen atoms in total. The molecule has 6 heteroatoms. The standard InChI is InChI=1S/C22H24ClN3O2/c1-22(2,3)28-21(27)26-14-20(24-12-15-7-5-4-6-8-15)18-13-25-19-11-16(23)9-10-17(18)19/h4-13,20,25H,14H2,1-3H3,(H,26,27). The Kier molecular flexibility index (Phi) is 6.05. The lowest BCUT2D eigenvalue weighted by molar-refractivity contribution is 0.0525. The molecule has 0 aliphatic heterocycles. The summed E-state index contributed by atoms with van der Waals surface area (Å²) < 4.78 is 5.34. The van der Waals surface area contributed by atoms with Crippen LogP contribution in [0.5, 0.6) is 0 Å². The first kappa shape index (κ1) is 20.0. The van der Waals surface area contributed by atoms with Crippen molar-refractivity contribution in [2.75, 3.05) is 6.54 Å². The molecule has 3 aromatic rings. The summed E-state index contributed by atoms with van der Waals surface area (Å²) in [5.74, 6) is 0. The van der Waals surface area contributed by atoms with Gasteiger partial charge in [-0.25, -0.2) is 4.79 Å². The predicted molar refractivity (Wildman–Crippen MR) is 114 cm³/mol. The van der Waals surface area contributed by atoms with E-state index in [-0.39, 0.29) is 6.04 Å². The van der Waals surface area contributed by atoms with Gasteiger partial charge in [-0.15, -0.1) is 0 Å². The number of aromatic amines is 1. The second-order valence-electron chi connectivity index (χ2n) is 7.52. The van der Waals surface area contributed by atoms with Gasteiger partial charge in [0.1, 0.15) is 5.60 Å². The fraction of sp³-hybridized carbons (Fsp3) is 0.273. The molecule has 0 spiro atoms. The number of nitrogens with zero attached hydrogens (tertiary/aromatic N) is 1. The smallest absolute Gasteiger partial charge is 0.407 e. The maximum absolute atomic E-state index is 12.1. The van der Waals surface area contributed by atoms with Crippen LogP contribution in [0.3, 0.4) is 0 Å². The monoisotopic (exact) mass is 397 g/mol. The lowest BCUT2D eigenvalue weighted by atomic mass is 10.1. The minimum atomic E-state index is -0.551. The van der Waals surface area contributed by atoms with Crippen molar-refractivity contribution in [3.8, 4) is 0 Å². The summed E-state index contributed by atoms with van der Waals surface area (Å²) in [6, 6.07) is 15.3. The molecule has 0 aliphatic rings. The third kappa shape index (κ3) is 5.36. The Morgan fingerprint density at radius 1 is 1.25 bits per heavy atom. The van der Waals surface area contributed by atoms with E-state index in [1.54, 1.807) is 0 Å². The molecule has 1 heterocycles. The average Bonchev–Trinajstić information content (AvgIpc) is 3.04. The molecule has 1 aromatic heterocycles. The van der Waals surface area contributed by atoms with Gasteiger partial charge in [0, 0.05) is 40.4 Å². The molecule has 146 valence electrons. The number of hydrogen-bond acceptors (Lipinski definition) is 3. The topological polar surface area (TPSA) is 66.5 Å². The lowest BCUT2D eigenvalue weighted by Gasteiger charge is -2.21. The van der Waals surface area contributed by atoms with E-state index in [9.17, 15) is 4.79 Å². The second-order valence-corrected chi connectivity index (χ2v) is 7.96. The number of benzene rings is 2. The van der Waals surface area contributed by atoms with E-state index in [0.29, 0.717) is 11.6 Å². The lowest BCUT2D eigenvalue weighted by Crippen LogP contribution is -2.34. The quantitative estimate of drug-likeness (QED) is 0.557. The maximum atomic E-state index is 12.1. The largest absolute Gasteiger partial charge is 0.444 e. The van der Waals surface area contributed by atoms with E-state index in [0.717, 1.165) is 22.0 Å². The van der Waals surface area contributed by atoms with Crippen molar-refractivity contribution in [3.63, 3.8) is 0 Å². The van der Waals surface area contributed by atoms with Crippen LogP contribution in [0.25, 0.3) is 10.9 Å². The molecular formula is C22H24ClN3O2. The molecule has 28 heavy (non-hydrogen) atoms. The number of carbonyl (C=O) groups excluding carboxylic acids is 1. The number of halogens is 1. The van der Waals surface area contributed by atoms with Crippen LogP contribution in [-0.2, 0) is 4.74 Å². The number of carbonyl (C=O) groups is 1. The number of fused-ring (bicyclic) bond motifs is 1. The van der Waals surface area contributed by atoms with E-state index >= 15 is 0 Å². The van der Waals surface area contributed by atoms with Crippen molar-refractivity contribution in [1.82, 2.24) is 10.3 Å². The highest BCUT2D eigenvalue weighted by Crippen LogP contribution is 2.28. The molecule has 2 aromatic carbocycles. The summed E-state index contributed by atoms with van der Waals surface area (Å²) in [6.45, 7) is 5.82. The zero-order valence-corrected chi connectivity index (χ0v) is 17.0. The van der Waals surface area contributed by atoms with Gasteiger partial charge >= 0.3 is 6.09 Å². The summed E-state index contributed by atoms with van der Waals surface area (Å²) >= 11 is 6.09. The molecular weight excluding hydrogens is 374 g/mol. The Morgan fingerprint density at radius 2 is 2.00 bits per heavy atom. The van der Waals surface area contributed by atoms with Crippen LogP contribution in [0.4, 0.5) is 4.79 Å². The molecule has 0 bridgehead atoms. The van der Waals surface area contributed by atoms with E-state index in [1.165, 1.54) is 0 Å². The third-order valence-electron chi connectivity index (χ3n) is 4.08. The number of hydrogen-bond donors (Lipinski definition) is 2.